The summed E-state index contributed by atoms with van der Waals surface area (Å²) in [5, 5.41) is 0.659. The van der Waals surface area contributed by atoms with Gasteiger partial charge in [-0.3, -0.25) is 4.79 Å². The highest BCUT2D eigenvalue weighted by Gasteiger charge is 2.23. The first-order valence-electron chi connectivity index (χ1n) is 8.24. The minimum atomic E-state index is 0.0451. The van der Waals surface area contributed by atoms with Crippen LogP contribution in [0.15, 0.2) is 54.6 Å². The third kappa shape index (κ3) is 4.73. The maximum atomic E-state index is 12.3. The Labute approximate surface area is 147 Å². The third-order valence-electron chi connectivity index (χ3n) is 4.30. The van der Waals surface area contributed by atoms with E-state index in [1.807, 2.05) is 11.0 Å². The molecule has 0 saturated carbocycles. The summed E-state index contributed by atoms with van der Waals surface area (Å²) >= 11 is 5.83. The quantitative estimate of drug-likeness (QED) is 0.894. The maximum absolute atomic E-state index is 12.3. The van der Waals surface area contributed by atoms with Crippen LogP contribution in [0.5, 0.6) is 5.75 Å². The molecular weight excluding hydrogens is 324 g/mol. The SMILES string of the molecule is O=C(COc1ccc(Cl)cc1)N1CC[NH+](Cc2ccccc2)CC1. The molecule has 0 aliphatic carbocycles. The van der Waals surface area contributed by atoms with Gasteiger partial charge in [0.05, 0.1) is 26.2 Å². The maximum Gasteiger partial charge on any atom is 0.260 e. The zero-order valence-corrected chi connectivity index (χ0v) is 14.3. The fraction of sp³-hybridized carbons (Fsp3) is 0.316. The predicted molar refractivity (Wildman–Crippen MR) is 94.4 cm³/mol. The summed E-state index contributed by atoms with van der Waals surface area (Å²) in [6.45, 7) is 4.61. The molecule has 5 heteroatoms. The van der Waals surface area contributed by atoms with Crippen LogP contribution in [0.3, 0.4) is 0 Å². The molecule has 126 valence electrons. The molecule has 1 aliphatic heterocycles. The van der Waals surface area contributed by atoms with Crippen LogP contribution in [0.1, 0.15) is 5.56 Å². The number of ether oxygens (including phenoxy) is 1. The van der Waals surface area contributed by atoms with Crippen molar-refractivity contribution < 1.29 is 14.4 Å². The molecular formula is C19H22ClN2O2+. The highest BCUT2D eigenvalue weighted by molar-refractivity contribution is 6.30. The number of hydrogen-bond donors (Lipinski definition) is 1. The van der Waals surface area contributed by atoms with Gasteiger partial charge >= 0.3 is 0 Å². The van der Waals surface area contributed by atoms with E-state index in [9.17, 15) is 4.79 Å². The van der Waals surface area contributed by atoms with Crippen LogP contribution in [0.4, 0.5) is 0 Å². The number of rotatable bonds is 5. The molecule has 0 atom stereocenters. The molecule has 1 saturated heterocycles. The summed E-state index contributed by atoms with van der Waals surface area (Å²) in [5.74, 6) is 0.713. The molecule has 24 heavy (non-hydrogen) atoms. The lowest BCUT2D eigenvalue weighted by Gasteiger charge is -2.32. The Hall–Kier alpha value is -2.04. The molecule has 0 unspecified atom stereocenters. The van der Waals surface area contributed by atoms with Crippen molar-refractivity contribution in [1.29, 1.82) is 0 Å². The zero-order valence-electron chi connectivity index (χ0n) is 13.6. The van der Waals surface area contributed by atoms with Gasteiger partial charge in [-0.05, 0) is 24.3 Å². The van der Waals surface area contributed by atoms with Crippen LogP contribution in [-0.2, 0) is 11.3 Å². The molecule has 0 bridgehead atoms. The second-order valence-corrected chi connectivity index (χ2v) is 6.47. The Morgan fingerprint density at radius 3 is 2.38 bits per heavy atom. The van der Waals surface area contributed by atoms with Crippen LogP contribution < -0.4 is 9.64 Å². The van der Waals surface area contributed by atoms with E-state index in [0.29, 0.717) is 10.8 Å². The molecule has 1 aliphatic rings. The number of nitrogens with zero attached hydrogens (tertiary/aromatic N) is 1. The molecule has 2 aromatic rings. The normalized spacial score (nSPS) is 15.3. The van der Waals surface area contributed by atoms with Gasteiger partial charge in [-0.1, -0.05) is 41.9 Å². The first-order chi connectivity index (χ1) is 11.7. The Kier molecular flexibility index (Phi) is 5.72. The van der Waals surface area contributed by atoms with E-state index in [-0.39, 0.29) is 12.5 Å². The summed E-state index contributed by atoms with van der Waals surface area (Å²) in [6, 6.07) is 17.6. The monoisotopic (exact) mass is 345 g/mol. The Morgan fingerprint density at radius 2 is 1.71 bits per heavy atom. The molecule has 2 aromatic carbocycles. The van der Waals surface area contributed by atoms with E-state index in [1.165, 1.54) is 10.5 Å². The molecule has 3 rings (SSSR count). The number of quaternary nitrogens is 1. The minimum Gasteiger partial charge on any atom is -0.484 e. The van der Waals surface area contributed by atoms with Crippen molar-refractivity contribution in [3.63, 3.8) is 0 Å². The molecule has 1 fully saturated rings. The van der Waals surface area contributed by atoms with Gasteiger partial charge in [0.25, 0.3) is 5.91 Å². The standard InChI is InChI=1S/C19H21ClN2O2/c20-17-6-8-18(9-7-17)24-15-19(23)22-12-10-21(11-13-22)14-16-4-2-1-3-5-16/h1-9H,10-15H2/p+1. The molecule has 1 amide bonds. The summed E-state index contributed by atoms with van der Waals surface area (Å²) < 4.78 is 5.54. The van der Waals surface area contributed by atoms with Crippen LogP contribution in [0.25, 0.3) is 0 Å². The van der Waals surface area contributed by atoms with Crippen LogP contribution in [0, 0.1) is 0 Å². The Balaban J connectivity index is 1.42. The highest BCUT2D eigenvalue weighted by Crippen LogP contribution is 2.15. The lowest BCUT2D eigenvalue weighted by molar-refractivity contribution is -0.917. The summed E-state index contributed by atoms with van der Waals surface area (Å²) in [6.07, 6.45) is 0. The Morgan fingerprint density at radius 1 is 1.04 bits per heavy atom. The minimum absolute atomic E-state index is 0.0451. The number of halogens is 1. The number of carbonyl (C=O) groups is 1. The van der Waals surface area contributed by atoms with Gasteiger partial charge in [0, 0.05) is 10.6 Å². The van der Waals surface area contributed by atoms with Crippen molar-refractivity contribution in [2.75, 3.05) is 32.8 Å². The van der Waals surface area contributed by atoms with Crippen LogP contribution in [0.2, 0.25) is 5.02 Å². The zero-order chi connectivity index (χ0) is 16.8. The van der Waals surface area contributed by atoms with Gasteiger partial charge in [-0.15, -0.1) is 0 Å². The van der Waals surface area contributed by atoms with Crippen LogP contribution in [-0.4, -0.2) is 43.6 Å². The van der Waals surface area contributed by atoms with E-state index in [4.69, 9.17) is 16.3 Å². The summed E-state index contributed by atoms with van der Waals surface area (Å²) in [4.78, 5) is 15.7. The number of benzene rings is 2. The van der Waals surface area contributed by atoms with Crippen molar-refractivity contribution in [2.45, 2.75) is 6.54 Å². The van der Waals surface area contributed by atoms with Gasteiger partial charge in [0.2, 0.25) is 0 Å². The van der Waals surface area contributed by atoms with E-state index >= 15 is 0 Å². The molecule has 0 spiro atoms. The average Bonchev–Trinajstić information content (AvgIpc) is 2.62. The van der Waals surface area contributed by atoms with Crippen molar-refractivity contribution in [2.24, 2.45) is 0 Å². The summed E-state index contributed by atoms with van der Waals surface area (Å²) in [7, 11) is 0. The smallest absolute Gasteiger partial charge is 0.260 e. The van der Waals surface area contributed by atoms with Gasteiger partial charge < -0.3 is 14.5 Å². The first kappa shape index (κ1) is 16.8. The second-order valence-electron chi connectivity index (χ2n) is 6.04. The van der Waals surface area contributed by atoms with Crippen molar-refractivity contribution in [1.82, 2.24) is 4.90 Å². The third-order valence-corrected chi connectivity index (χ3v) is 4.55. The largest absolute Gasteiger partial charge is 0.484 e. The van der Waals surface area contributed by atoms with Crippen molar-refractivity contribution >= 4 is 17.5 Å². The van der Waals surface area contributed by atoms with Gasteiger partial charge in [-0.2, -0.15) is 0 Å². The Bertz CT molecular complexity index is 653. The summed E-state index contributed by atoms with van der Waals surface area (Å²) in [5.41, 5.74) is 1.35. The second kappa shape index (κ2) is 8.18. The number of amides is 1. The van der Waals surface area contributed by atoms with Gasteiger partial charge in [0.15, 0.2) is 6.61 Å². The van der Waals surface area contributed by atoms with Crippen LogP contribution >= 0.6 is 11.6 Å². The van der Waals surface area contributed by atoms with Gasteiger partial charge in [0.1, 0.15) is 12.3 Å². The van der Waals surface area contributed by atoms with E-state index in [1.54, 1.807) is 24.3 Å². The number of carbonyl (C=O) groups excluding carboxylic acids is 1. The average molecular weight is 346 g/mol. The topological polar surface area (TPSA) is 34.0 Å². The molecule has 1 N–H and O–H groups in total. The van der Waals surface area contributed by atoms with Crippen molar-refractivity contribution in [3.05, 3.63) is 65.2 Å². The molecule has 0 radical (unpaired) electrons. The predicted octanol–water partition coefficient (Wildman–Crippen LogP) is 1.65. The number of nitrogens with one attached hydrogen (secondary N) is 1. The lowest BCUT2D eigenvalue weighted by atomic mass is 10.2. The molecule has 1 heterocycles. The highest BCUT2D eigenvalue weighted by atomic mass is 35.5. The molecule has 4 nitrogen and oxygen atoms in total. The van der Waals surface area contributed by atoms with E-state index < -0.39 is 0 Å². The lowest BCUT2D eigenvalue weighted by Crippen LogP contribution is -3.13. The fourth-order valence-electron chi connectivity index (χ4n) is 2.90. The number of hydrogen-bond acceptors (Lipinski definition) is 2. The number of piperazine rings is 1. The van der Waals surface area contributed by atoms with E-state index in [2.05, 4.69) is 24.3 Å². The van der Waals surface area contributed by atoms with Crippen molar-refractivity contribution in [3.8, 4) is 5.75 Å². The fourth-order valence-corrected chi connectivity index (χ4v) is 3.03. The molecule has 0 aromatic heterocycles. The first-order valence-corrected chi connectivity index (χ1v) is 8.62. The van der Waals surface area contributed by atoms with E-state index in [0.717, 1.165) is 32.7 Å². The van der Waals surface area contributed by atoms with Gasteiger partial charge in [-0.25, -0.2) is 0 Å².